The maximum atomic E-state index is 11.2. The molecule has 70 valence electrons. The SMILES string of the molecule is CCCC(=O)c1ccc([N+](=O)[O-])o1. The Labute approximate surface area is 74.5 Å². The minimum absolute atomic E-state index is 0.0635. The number of carbonyl (C=O) groups is 1. The normalized spacial score (nSPS) is 9.92. The Morgan fingerprint density at radius 3 is 2.77 bits per heavy atom. The highest BCUT2D eigenvalue weighted by molar-refractivity contribution is 5.93. The zero-order chi connectivity index (χ0) is 9.84. The van der Waals surface area contributed by atoms with Gasteiger partial charge in [-0.1, -0.05) is 6.92 Å². The molecule has 0 aromatic carbocycles. The lowest BCUT2D eigenvalue weighted by Crippen LogP contribution is -1.95. The molecule has 0 aliphatic carbocycles. The molecule has 0 spiro atoms. The number of rotatable bonds is 4. The molecule has 0 radical (unpaired) electrons. The lowest BCUT2D eigenvalue weighted by molar-refractivity contribution is -0.402. The summed E-state index contributed by atoms with van der Waals surface area (Å²) in [4.78, 5) is 20.7. The number of nitro groups is 1. The van der Waals surface area contributed by atoms with Crippen molar-refractivity contribution < 1.29 is 14.1 Å². The third-order valence-corrected chi connectivity index (χ3v) is 1.52. The standard InChI is InChI=1S/C8H9NO4/c1-2-3-6(10)7-4-5-8(13-7)9(11)12/h4-5H,2-3H2,1H3. The van der Waals surface area contributed by atoms with Gasteiger partial charge in [-0.15, -0.1) is 0 Å². The first-order chi connectivity index (χ1) is 6.15. The van der Waals surface area contributed by atoms with Crippen LogP contribution in [0.1, 0.15) is 30.3 Å². The Morgan fingerprint density at radius 1 is 1.62 bits per heavy atom. The number of hydrogen-bond donors (Lipinski definition) is 0. The second-order valence-electron chi connectivity index (χ2n) is 2.57. The fourth-order valence-corrected chi connectivity index (χ4v) is 0.926. The Morgan fingerprint density at radius 2 is 2.31 bits per heavy atom. The first-order valence-electron chi connectivity index (χ1n) is 3.92. The molecule has 0 aliphatic rings. The fourth-order valence-electron chi connectivity index (χ4n) is 0.926. The highest BCUT2D eigenvalue weighted by atomic mass is 16.6. The number of Topliss-reactive ketones (excluding diaryl/α,β-unsaturated/α-hetero) is 1. The minimum Gasteiger partial charge on any atom is -0.397 e. The van der Waals surface area contributed by atoms with E-state index in [0.717, 1.165) is 0 Å². The highest BCUT2D eigenvalue weighted by Gasteiger charge is 2.15. The van der Waals surface area contributed by atoms with E-state index in [1.54, 1.807) is 0 Å². The van der Waals surface area contributed by atoms with Crippen LogP contribution in [-0.4, -0.2) is 10.7 Å². The van der Waals surface area contributed by atoms with E-state index in [1.807, 2.05) is 6.92 Å². The van der Waals surface area contributed by atoms with Crippen molar-refractivity contribution in [3.05, 3.63) is 28.0 Å². The third kappa shape index (κ3) is 2.14. The average molecular weight is 183 g/mol. The number of carbonyl (C=O) groups excluding carboxylic acids is 1. The van der Waals surface area contributed by atoms with Crippen LogP contribution >= 0.6 is 0 Å². The number of nitrogens with zero attached hydrogens (tertiary/aromatic N) is 1. The van der Waals surface area contributed by atoms with Crippen LogP contribution in [0.25, 0.3) is 0 Å². The maximum Gasteiger partial charge on any atom is 0.433 e. The van der Waals surface area contributed by atoms with Crippen LogP contribution in [0, 0.1) is 10.1 Å². The van der Waals surface area contributed by atoms with E-state index in [9.17, 15) is 14.9 Å². The van der Waals surface area contributed by atoms with E-state index in [2.05, 4.69) is 0 Å². The van der Waals surface area contributed by atoms with Gasteiger partial charge in [-0.3, -0.25) is 14.9 Å². The molecule has 0 saturated carbocycles. The summed E-state index contributed by atoms with van der Waals surface area (Å²) >= 11 is 0. The van der Waals surface area contributed by atoms with Crippen LogP contribution in [0.2, 0.25) is 0 Å². The molecule has 5 heteroatoms. The first-order valence-corrected chi connectivity index (χ1v) is 3.92. The van der Waals surface area contributed by atoms with Crippen LogP contribution in [0.4, 0.5) is 5.88 Å². The van der Waals surface area contributed by atoms with Gasteiger partial charge in [0.05, 0.1) is 6.07 Å². The molecule has 13 heavy (non-hydrogen) atoms. The molecule has 1 aromatic heterocycles. The number of hydrogen-bond acceptors (Lipinski definition) is 4. The maximum absolute atomic E-state index is 11.2. The van der Waals surface area contributed by atoms with E-state index in [4.69, 9.17) is 4.42 Å². The summed E-state index contributed by atoms with van der Waals surface area (Å²) in [6, 6.07) is 2.51. The van der Waals surface area contributed by atoms with Gasteiger partial charge >= 0.3 is 5.88 Å². The van der Waals surface area contributed by atoms with E-state index in [1.165, 1.54) is 12.1 Å². The van der Waals surface area contributed by atoms with Crippen LogP contribution < -0.4 is 0 Å². The highest BCUT2D eigenvalue weighted by Crippen LogP contribution is 2.17. The molecule has 0 bridgehead atoms. The molecule has 0 fully saturated rings. The molecule has 1 rings (SSSR count). The van der Waals surface area contributed by atoms with Crippen LogP contribution in [-0.2, 0) is 0 Å². The van der Waals surface area contributed by atoms with Gasteiger partial charge in [0.25, 0.3) is 0 Å². The van der Waals surface area contributed by atoms with Crippen molar-refractivity contribution in [1.82, 2.24) is 0 Å². The Bertz CT molecular complexity index is 329. The van der Waals surface area contributed by atoms with Crippen molar-refractivity contribution in [2.45, 2.75) is 19.8 Å². The van der Waals surface area contributed by atoms with Gasteiger partial charge in [0, 0.05) is 6.42 Å². The van der Waals surface area contributed by atoms with Crippen molar-refractivity contribution in [3.63, 3.8) is 0 Å². The summed E-state index contributed by atoms with van der Waals surface area (Å²) in [5, 5.41) is 10.2. The van der Waals surface area contributed by atoms with Crippen molar-refractivity contribution in [2.75, 3.05) is 0 Å². The molecule has 5 nitrogen and oxygen atoms in total. The van der Waals surface area contributed by atoms with Gasteiger partial charge in [0.1, 0.15) is 4.92 Å². The molecule has 0 unspecified atom stereocenters. The molecule has 0 amide bonds. The van der Waals surface area contributed by atoms with Gasteiger partial charge < -0.3 is 4.42 Å². The number of furan rings is 1. The summed E-state index contributed by atoms with van der Waals surface area (Å²) < 4.78 is 4.71. The zero-order valence-corrected chi connectivity index (χ0v) is 7.15. The topological polar surface area (TPSA) is 73.3 Å². The second kappa shape index (κ2) is 3.84. The first kappa shape index (κ1) is 9.44. The summed E-state index contributed by atoms with van der Waals surface area (Å²) in [6.07, 6.45) is 1.05. The Kier molecular flexibility index (Phi) is 2.79. The van der Waals surface area contributed by atoms with Crippen molar-refractivity contribution in [1.29, 1.82) is 0 Å². The monoisotopic (exact) mass is 183 g/mol. The summed E-state index contributed by atoms with van der Waals surface area (Å²) in [6.45, 7) is 1.86. The molecule has 1 aromatic rings. The summed E-state index contributed by atoms with van der Waals surface area (Å²) in [7, 11) is 0. The van der Waals surface area contributed by atoms with Crippen LogP contribution in [0.5, 0.6) is 0 Å². The Hall–Kier alpha value is -1.65. The molecule has 0 aliphatic heterocycles. The molecule has 0 N–H and O–H groups in total. The van der Waals surface area contributed by atoms with Gasteiger partial charge in [0.15, 0.2) is 11.5 Å². The largest absolute Gasteiger partial charge is 0.433 e. The summed E-state index contributed by atoms with van der Waals surface area (Å²) in [5.41, 5.74) is 0. The predicted molar refractivity (Wildman–Crippen MR) is 44.6 cm³/mol. The molecule has 0 saturated heterocycles. The van der Waals surface area contributed by atoms with E-state index in [0.29, 0.717) is 12.8 Å². The average Bonchev–Trinajstić information content (AvgIpc) is 2.52. The van der Waals surface area contributed by atoms with Gasteiger partial charge in [-0.25, -0.2) is 0 Å². The zero-order valence-electron chi connectivity index (χ0n) is 7.15. The van der Waals surface area contributed by atoms with Crippen molar-refractivity contribution >= 4 is 11.7 Å². The summed E-state index contributed by atoms with van der Waals surface area (Å²) in [5.74, 6) is -0.524. The second-order valence-corrected chi connectivity index (χ2v) is 2.57. The lowest BCUT2D eigenvalue weighted by atomic mass is 10.2. The van der Waals surface area contributed by atoms with E-state index < -0.39 is 4.92 Å². The van der Waals surface area contributed by atoms with Crippen molar-refractivity contribution in [2.24, 2.45) is 0 Å². The van der Waals surface area contributed by atoms with Gasteiger partial charge in [-0.05, 0) is 12.5 Å². The molecular weight excluding hydrogens is 174 g/mol. The minimum atomic E-state index is -0.664. The van der Waals surface area contributed by atoms with E-state index >= 15 is 0 Å². The molecule has 0 atom stereocenters. The van der Waals surface area contributed by atoms with E-state index in [-0.39, 0.29) is 17.4 Å². The van der Waals surface area contributed by atoms with Gasteiger partial charge in [0.2, 0.25) is 0 Å². The predicted octanol–water partition coefficient (Wildman–Crippen LogP) is 2.17. The smallest absolute Gasteiger partial charge is 0.397 e. The fraction of sp³-hybridized carbons (Fsp3) is 0.375. The quantitative estimate of drug-likeness (QED) is 0.407. The third-order valence-electron chi connectivity index (χ3n) is 1.52. The Balaban J connectivity index is 2.79. The van der Waals surface area contributed by atoms with Gasteiger partial charge in [-0.2, -0.15) is 0 Å². The lowest BCUT2D eigenvalue weighted by Gasteiger charge is -1.90. The molecular formula is C8H9NO4. The number of ketones is 1. The molecule has 1 heterocycles. The van der Waals surface area contributed by atoms with Crippen LogP contribution in [0.3, 0.4) is 0 Å². The van der Waals surface area contributed by atoms with Crippen molar-refractivity contribution in [3.8, 4) is 0 Å². The van der Waals surface area contributed by atoms with Crippen LogP contribution in [0.15, 0.2) is 16.5 Å².